The van der Waals surface area contributed by atoms with E-state index in [-0.39, 0.29) is 29.1 Å². The number of nitrogens with zero attached hydrogens (tertiary/aromatic N) is 1. The van der Waals surface area contributed by atoms with Crippen LogP contribution >= 0.6 is 0 Å². The van der Waals surface area contributed by atoms with Crippen LogP contribution in [0.3, 0.4) is 0 Å². The maximum Gasteiger partial charge on any atom is 0.335 e. The molecule has 1 unspecified atom stereocenters. The highest BCUT2D eigenvalue weighted by Crippen LogP contribution is 2.30. The zero-order chi connectivity index (χ0) is 17.6. The minimum atomic E-state index is -1.08. The summed E-state index contributed by atoms with van der Waals surface area (Å²) in [6.45, 7) is 1.35. The van der Waals surface area contributed by atoms with E-state index in [1.54, 1.807) is 0 Å². The topological polar surface area (TPSA) is 88.5 Å². The lowest BCUT2D eigenvalue weighted by Gasteiger charge is -2.31. The van der Waals surface area contributed by atoms with E-state index in [2.05, 4.69) is 10.3 Å². The molecule has 1 aromatic heterocycles. The Morgan fingerprint density at radius 3 is 2.56 bits per heavy atom. The third-order valence-electron chi connectivity index (χ3n) is 4.42. The van der Waals surface area contributed by atoms with Crippen LogP contribution in [0.4, 0.5) is 0 Å². The Kier molecular flexibility index (Phi) is 5.40. The summed E-state index contributed by atoms with van der Waals surface area (Å²) in [5.41, 5.74) is 1.17. The number of carbonyl (C=O) groups is 2. The van der Waals surface area contributed by atoms with Crippen LogP contribution in [-0.2, 0) is 4.74 Å². The van der Waals surface area contributed by atoms with Gasteiger partial charge in [0.1, 0.15) is 5.69 Å². The van der Waals surface area contributed by atoms with E-state index in [9.17, 15) is 9.59 Å². The van der Waals surface area contributed by atoms with Gasteiger partial charge in [-0.05, 0) is 36.5 Å². The standard InChI is InChI=1S/C19H20N2O4/c22-18(16-12-15(19(23)24)6-9-20-16)21-17(13-4-2-1-3-5-13)14-7-10-25-11-8-14/h1-6,9,12,14,17H,7-8,10-11H2,(H,21,22)(H,23,24). The predicted molar refractivity (Wildman–Crippen MR) is 91.4 cm³/mol. The zero-order valence-corrected chi connectivity index (χ0v) is 13.7. The normalized spacial score (nSPS) is 16.2. The molecule has 1 fully saturated rings. The van der Waals surface area contributed by atoms with Crippen LogP contribution in [0, 0.1) is 5.92 Å². The van der Waals surface area contributed by atoms with Gasteiger partial charge in [0.05, 0.1) is 11.6 Å². The lowest BCUT2D eigenvalue weighted by atomic mass is 9.87. The fourth-order valence-electron chi connectivity index (χ4n) is 3.09. The number of aromatic nitrogens is 1. The minimum Gasteiger partial charge on any atom is -0.478 e. The third-order valence-corrected chi connectivity index (χ3v) is 4.42. The fourth-order valence-corrected chi connectivity index (χ4v) is 3.09. The van der Waals surface area contributed by atoms with Gasteiger partial charge in [-0.1, -0.05) is 30.3 Å². The van der Waals surface area contributed by atoms with Crippen molar-refractivity contribution >= 4 is 11.9 Å². The molecule has 3 rings (SSSR count). The van der Waals surface area contributed by atoms with Crippen LogP contribution in [0.15, 0.2) is 48.7 Å². The Labute approximate surface area is 145 Å². The SMILES string of the molecule is O=C(O)c1ccnc(C(=O)NC(c2ccccc2)C2CCOCC2)c1. The number of rotatable bonds is 5. The molecule has 1 amide bonds. The maximum atomic E-state index is 12.6. The Hall–Kier alpha value is -2.73. The summed E-state index contributed by atoms with van der Waals surface area (Å²) in [5, 5.41) is 12.1. The highest BCUT2D eigenvalue weighted by Gasteiger charge is 2.27. The summed E-state index contributed by atoms with van der Waals surface area (Å²) in [7, 11) is 0. The first-order valence-corrected chi connectivity index (χ1v) is 8.28. The Morgan fingerprint density at radius 1 is 1.16 bits per heavy atom. The predicted octanol–water partition coefficient (Wildman–Crippen LogP) is 2.68. The smallest absolute Gasteiger partial charge is 0.335 e. The van der Waals surface area contributed by atoms with Gasteiger partial charge in [-0.15, -0.1) is 0 Å². The number of ether oxygens (including phenoxy) is 1. The van der Waals surface area contributed by atoms with E-state index in [1.165, 1.54) is 18.3 Å². The first kappa shape index (κ1) is 17.1. The van der Waals surface area contributed by atoms with Gasteiger partial charge in [-0.2, -0.15) is 0 Å². The van der Waals surface area contributed by atoms with Crippen LogP contribution in [0.1, 0.15) is 45.3 Å². The quantitative estimate of drug-likeness (QED) is 0.873. The van der Waals surface area contributed by atoms with E-state index in [0.29, 0.717) is 13.2 Å². The molecule has 2 N–H and O–H groups in total. The number of nitrogens with one attached hydrogen (secondary N) is 1. The fraction of sp³-hybridized carbons (Fsp3) is 0.316. The van der Waals surface area contributed by atoms with Gasteiger partial charge in [0.2, 0.25) is 0 Å². The maximum absolute atomic E-state index is 12.6. The van der Waals surface area contributed by atoms with E-state index < -0.39 is 5.97 Å². The second-order valence-corrected chi connectivity index (χ2v) is 6.05. The average molecular weight is 340 g/mol. The zero-order valence-electron chi connectivity index (χ0n) is 13.7. The second-order valence-electron chi connectivity index (χ2n) is 6.05. The highest BCUT2D eigenvalue weighted by atomic mass is 16.5. The number of hydrogen-bond acceptors (Lipinski definition) is 4. The van der Waals surface area contributed by atoms with Crippen LogP contribution in [0.2, 0.25) is 0 Å². The lowest BCUT2D eigenvalue weighted by molar-refractivity contribution is 0.0513. The van der Waals surface area contributed by atoms with Gasteiger partial charge in [0.15, 0.2) is 0 Å². The van der Waals surface area contributed by atoms with Crippen molar-refractivity contribution in [3.05, 3.63) is 65.5 Å². The molecule has 130 valence electrons. The number of carboxylic acid groups (broad SMARTS) is 1. The number of pyridine rings is 1. The molecule has 2 aromatic rings. The van der Waals surface area contributed by atoms with Crippen molar-refractivity contribution in [1.82, 2.24) is 10.3 Å². The monoisotopic (exact) mass is 340 g/mol. The molecule has 0 spiro atoms. The molecule has 25 heavy (non-hydrogen) atoms. The molecule has 0 radical (unpaired) electrons. The van der Waals surface area contributed by atoms with Crippen LogP contribution in [0.25, 0.3) is 0 Å². The average Bonchev–Trinajstić information content (AvgIpc) is 2.67. The highest BCUT2D eigenvalue weighted by molar-refractivity contribution is 5.96. The molecule has 1 aliphatic heterocycles. The summed E-state index contributed by atoms with van der Waals surface area (Å²) >= 11 is 0. The van der Waals surface area contributed by atoms with Crippen molar-refractivity contribution in [3.63, 3.8) is 0 Å². The molecule has 1 aliphatic rings. The first-order valence-electron chi connectivity index (χ1n) is 8.28. The molecule has 0 bridgehead atoms. The summed E-state index contributed by atoms with van der Waals surface area (Å²) < 4.78 is 5.43. The molecule has 1 saturated heterocycles. The Morgan fingerprint density at radius 2 is 1.88 bits per heavy atom. The molecular weight excluding hydrogens is 320 g/mol. The van der Waals surface area contributed by atoms with Crippen LogP contribution < -0.4 is 5.32 Å². The first-order chi connectivity index (χ1) is 12.1. The van der Waals surface area contributed by atoms with E-state index >= 15 is 0 Å². The van der Waals surface area contributed by atoms with Crippen molar-refractivity contribution < 1.29 is 19.4 Å². The van der Waals surface area contributed by atoms with E-state index in [4.69, 9.17) is 9.84 Å². The number of carbonyl (C=O) groups excluding carboxylic acids is 1. The van der Waals surface area contributed by atoms with Gasteiger partial charge in [0, 0.05) is 19.4 Å². The summed E-state index contributed by atoms with van der Waals surface area (Å²) in [6.07, 6.45) is 3.06. The number of aromatic carboxylic acids is 1. The van der Waals surface area contributed by atoms with Gasteiger partial charge in [0.25, 0.3) is 5.91 Å². The number of hydrogen-bond donors (Lipinski definition) is 2. The molecule has 0 saturated carbocycles. The van der Waals surface area contributed by atoms with Crippen molar-refractivity contribution in [2.75, 3.05) is 13.2 Å². The summed E-state index contributed by atoms with van der Waals surface area (Å²) in [5.74, 6) is -1.19. The van der Waals surface area contributed by atoms with Gasteiger partial charge >= 0.3 is 5.97 Å². The molecule has 0 aliphatic carbocycles. The van der Waals surface area contributed by atoms with E-state index in [0.717, 1.165) is 18.4 Å². The van der Waals surface area contributed by atoms with Gasteiger partial charge in [-0.3, -0.25) is 9.78 Å². The molecule has 1 aromatic carbocycles. The van der Waals surface area contributed by atoms with Crippen LogP contribution in [-0.4, -0.2) is 35.2 Å². The largest absolute Gasteiger partial charge is 0.478 e. The Balaban J connectivity index is 1.83. The van der Waals surface area contributed by atoms with Crippen LogP contribution in [0.5, 0.6) is 0 Å². The number of benzene rings is 1. The van der Waals surface area contributed by atoms with Crippen molar-refractivity contribution in [2.45, 2.75) is 18.9 Å². The molecule has 6 heteroatoms. The summed E-state index contributed by atoms with van der Waals surface area (Å²) in [4.78, 5) is 27.8. The Bertz CT molecular complexity index is 742. The number of amides is 1. The minimum absolute atomic E-state index is 0.0440. The van der Waals surface area contributed by atoms with E-state index in [1.807, 2.05) is 30.3 Å². The number of carboxylic acids is 1. The van der Waals surface area contributed by atoms with Crippen molar-refractivity contribution in [2.24, 2.45) is 5.92 Å². The summed E-state index contributed by atoms with van der Waals surface area (Å²) in [6, 6.07) is 12.3. The molecular formula is C19H20N2O4. The molecule has 1 atom stereocenters. The van der Waals surface area contributed by atoms with Crippen molar-refractivity contribution in [3.8, 4) is 0 Å². The second kappa shape index (κ2) is 7.90. The van der Waals surface area contributed by atoms with Gasteiger partial charge < -0.3 is 15.2 Å². The van der Waals surface area contributed by atoms with Crippen molar-refractivity contribution in [1.29, 1.82) is 0 Å². The van der Waals surface area contributed by atoms with Gasteiger partial charge in [-0.25, -0.2) is 4.79 Å². The molecule has 6 nitrogen and oxygen atoms in total. The molecule has 2 heterocycles. The lowest BCUT2D eigenvalue weighted by Crippen LogP contribution is -2.36. The third kappa shape index (κ3) is 4.22.